The summed E-state index contributed by atoms with van der Waals surface area (Å²) in [7, 11) is 0. The number of thiophene rings is 1. The molecule has 3 nitrogen and oxygen atoms in total. The van der Waals surface area contributed by atoms with E-state index in [4.69, 9.17) is 11.6 Å². The molecule has 2 aromatic heterocycles. The Bertz CT molecular complexity index is 813. The molecule has 1 amide bonds. The molecule has 0 radical (unpaired) electrons. The molecular weight excluding hydrogens is 304 g/mol. The van der Waals surface area contributed by atoms with Crippen molar-refractivity contribution >= 4 is 39.6 Å². The quantitative estimate of drug-likeness (QED) is 0.736. The van der Waals surface area contributed by atoms with Crippen molar-refractivity contribution in [1.29, 1.82) is 0 Å². The topological polar surface area (TPSA) is 42.0 Å². The number of halogens is 1. The summed E-state index contributed by atoms with van der Waals surface area (Å²) >= 11 is 7.77. The Morgan fingerprint density at radius 2 is 2.14 bits per heavy atom. The molecule has 0 aliphatic carbocycles. The number of aryl methyl sites for hydroxylation is 1. The second kappa shape index (κ2) is 5.84. The van der Waals surface area contributed by atoms with E-state index in [0.717, 1.165) is 16.3 Å². The Labute approximate surface area is 131 Å². The van der Waals surface area contributed by atoms with Crippen molar-refractivity contribution in [3.05, 3.63) is 63.1 Å². The number of amides is 1. The van der Waals surface area contributed by atoms with Crippen molar-refractivity contribution < 1.29 is 4.79 Å². The lowest BCUT2D eigenvalue weighted by molar-refractivity contribution is 0.0946. The first-order valence-corrected chi connectivity index (χ1v) is 7.82. The molecule has 0 aliphatic rings. The molecular formula is C16H13ClN2OS. The van der Waals surface area contributed by atoms with Crippen molar-refractivity contribution in [3.63, 3.8) is 0 Å². The Morgan fingerprint density at radius 3 is 2.90 bits per heavy atom. The van der Waals surface area contributed by atoms with Gasteiger partial charge in [-0.05, 0) is 40.3 Å². The van der Waals surface area contributed by atoms with Crippen molar-refractivity contribution in [2.24, 2.45) is 0 Å². The van der Waals surface area contributed by atoms with Crippen LogP contribution < -0.4 is 5.32 Å². The van der Waals surface area contributed by atoms with Crippen molar-refractivity contribution in [1.82, 2.24) is 10.3 Å². The van der Waals surface area contributed by atoms with Crippen LogP contribution in [0.15, 0.2) is 41.1 Å². The zero-order valence-corrected chi connectivity index (χ0v) is 13.0. The Morgan fingerprint density at radius 1 is 1.33 bits per heavy atom. The molecule has 5 heteroatoms. The summed E-state index contributed by atoms with van der Waals surface area (Å²) in [6.45, 7) is 2.53. The lowest BCUT2D eigenvalue weighted by atomic mass is 10.1. The van der Waals surface area contributed by atoms with Gasteiger partial charge in [-0.1, -0.05) is 35.9 Å². The summed E-state index contributed by atoms with van der Waals surface area (Å²) in [4.78, 5) is 16.4. The minimum absolute atomic E-state index is 0.215. The summed E-state index contributed by atoms with van der Waals surface area (Å²) in [5, 5.41) is 9.10. The third-order valence-corrected chi connectivity index (χ3v) is 4.53. The van der Waals surface area contributed by atoms with E-state index < -0.39 is 0 Å². The molecule has 3 rings (SSSR count). The van der Waals surface area contributed by atoms with Crippen molar-refractivity contribution in [2.45, 2.75) is 13.5 Å². The second-order valence-electron chi connectivity index (χ2n) is 4.78. The number of hydrogen-bond acceptors (Lipinski definition) is 3. The summed E-state index contributed by atoms with van der Waals surface area (Å²) in [6.07, 6.45) is 0. The van der Waals surface area contributed by atoms with Gasteiger partial charge in [0.05, 0.1) is 0 Å². The highest BCUT2D eigenvalue weighted by molar-refractivity contribution is 7.08. The van der Waals surface area contributed by atoms with Gasteiger partial charge in [0, 0.05) is 11.9 Å². The number of hydrogen-bond donors (Lipinski definition) is 1. The SMILES string of the molecule is Cc1cscc1CNC(=O)c1cc2ccccc2c(Cl)n1. The van der Waals surface area contributed by atoms with E-state index in [2.05, 4.69) is 15.7 Å². The highest BCUT2D eigenvalue weighted by Crippen LogP contribution is 2.22. The minimum atomic E-state index is -0.215. The maximum atomic E-state index is 12.2. The maximum absolute atomic E-state index is 12.2. The number of nitrogens with one attached hydrogen (secondary N) is 1. The highest BCUT2D eigenvalue weighted by atomic mass is 35.5. The van der Waals surface area contributed by atoms with E-state index >= 15 is 0 Å². The van der Waals surface area contributed by atoms with Crippen molar-refractivity contribution in [3.8, 4) is 0 Å². The van der Waals surface area contributed by atoms with Crippen LogP contribution in [0, 0.1) is 6.92 Å². The highest BCUT2D eigenvalue weighted by Gasteiger charge is 2.11. The fourth-order valence-electron chi connectivity index (χ4n) is 2.11. The average molecular weight is 317 g/mol. The standard InChI is InChI=1S/C16H13ClN2OS/c1-10-8-21-9-12(10)7-18-16(20)14-6-11-4-2-3-5-13(11)15(17)19-14/h2-6,8-9H,7H2,1H3,(H,18,20). The van der Waals surface area contributed by atoms with Crippen molar-refractivity contribution in [2.75, 3.05) is 0 Å². The van der Waals surface area contributed by atoms with Gasteiger partial charge < -0.3 is 5.32 Å². The summed E-state index contributed by atoms with van der Waals surface area (Å²) < 4.78 is 0. The Hall–Kier alpha value is -1.91. The van der Waals surface area contributed by atoms with Gasteiger partial charge in [0.15, 0.2) is 0 Å². The number of carbonyl (C=O) groups is 1. The van der Waals surface area contributed by atoms with E-state index in [1.165, 1.54) is 5.56 Å². The normalized spacial score (nSPS) is 10.8. The van der Waals surface area contributed by atoms with Gasteiger partial charge >= 0.3 is 0 Å². The molecule has 0 spiro atoms. The molecule has 21 heavy (non-hydrogen) atoms. The zero-order valence-electron chi connectivity index (χ0n) is 11.4. The predicted octanol–water partition coefficient (Wildman–Crippen LogP) is 4.19. The van der Waals surface area contributed by atoms with Crippen LogP contribution in [0.2, 0.25) is 5.15 Å². The third kappa shape index (κ3) is 2.91. The van der Waals surface area contributed by atoms with Gasteiger partial charge in [0.25, 0.3) is 5.91 Å². The van der Waals surface area contributed by atoms with Crippen LogP contribution >= 0.6 is 22.9 Å². The Kier molecular flexibility index (Phi) is 3.90. The smallest absolute Gasteiger partial charge is 0.270 e. The molecule has 2 heterocycles. The fraction of sp³-hybridized carbons (Fsp3) is 0.125. The van der Waals surface area contributed by atoms with Gasteiger partial charge in [0.2, 0.25) is 0 Å². The fourth-order valence-corrected chi connectivity index (χ4v) is 3.23. The molecule has 3 aromatic rings. The molecule has 0 aliphatic heterocycles. The monoisotopic (exact) mass is 316 g/mol. The van der Waals surface area contributed by atoms with E-state index in [9.17, 15) is 4.79 Å². The van der Waals surface area contributed by atoms with E-state index in [1.54, 1.807) is 17.4 Å². The largest absolute Gasteiger partial charge is 0.347 e. The molecule has 0 unspecified atom stereocenters. The second-order valence-corrected chi connectivity index (χ2v) is 5.88. The molecule has 0 saturated heterocycles. The maximum Gasteiger partial charge on any atom is 0.270 e. The molecule has 0 atom stereocenters. The molecule has 1 aromatic carbocycles. The molecule has 1 N–H and O–H groups in total. The van der Waals surface area contributed by atoms with E-state index in [1.807, 2.05) is 36.6 Å². The zero-order chi connectivity index (χ0) is 14.8. The van der Waals surface area contributed by atoms with Gasteiger partial charge in [-0.15, -0.1) is 0 Å². The number of aromatic nitrogens is 1. The molecule has 0 bridgehead atoms. The van der Waals surface area contributed by atoms with Crippen LogP contribution in [0.5, 0.6) is 0 Å². The van der Waals surface area contributed by atoms with Crippen LogP contribution in [-0.4, -0.2) is 10.9 Å². The lowest BCUT2D eigenvalue weighted by Crippen LogP contribution is -2.24. The van der Waals surface area contributed by atoms with Gasteiger partial charge in [0.1, 0.15) is 10.8 Å². The number of fused-ring (bicyclic) bond motifs is 1. The summed E-state index contributed by atoms with van der Waals surface area (Å²) in [5.74, 6) is -0.215. The van der Waals surface area contributed by atoms with Gasteiger partial charge in [-0.3, -0.25) is 4.79 Å². The number of rotatable bonds is 3. The minimum Gasteiger partial charge on any atom is -0.347 e. The van der Waals surface area contributed by atoms with Gasteiger partial charge in [-0.2, -0.15) is 11.3 Å². The summed E-state index contributed by atoms with van der Waals surface area (Å²) in [5.41, 5.74) is 2.65. The molecule has 0 fully saturated rings. The number of nitrogens with zero attached hydrogens (tertiary/aromatic N) is 1. The van der Waals surface area contributed by atoms with Gasteiger partial charge in [-0.25, -0.2) is 4.98 Å². The lowest BCUT2D eigenvalue weighted by Gasteiger charge is -2.07. The average Bonchev–Trinajstić information content (AvgIpc) is 2.90. The van der Waals surface area contributed by atoms with E-state index in [0.29, 0.717) is 17.4 Å². The molecule has 0 saturated carbocycles. The third-order valence-electron chi connectivity index (χ3n) is 3.33. The number of carbonyl (C=O) groups excluding carboxylic acids is 1. The van der Waals surface area contributed by atoms with Crippen LogP contribution in [0.1, 0.15) is 21.6 Å². The Balaban J connectivity index is 1.83. The summed E-state index contributed by atoms with van der Waals surface area (Å²) in [6, 6.07) is 9.38. The predicted molar refractivity (Wildman–Crippen MR) is 87.0 cm³/mol. The van der Waals surface area contributed by atoms with Crippen LogP contribution in [-0.2, 0) is 6.54 Å². The first kappa shape index (κ1) is 14.0. The number of pyridine rings is 1. The van der Waals surface area contributed by atoms with Crippen LogP contribution in [0.4, 0.5) is 0 Å². The first-order chi connectivity index (χ1) is 10.1. The van der Waals surface area contributed by atoms with E-state index in [-0.39, 0.29) is 5.91 Å². The first-order valence-electron chi connectivity index (χ1n) is 6.50. The number of benzene rings is 1. The molecule has 106 valence electrons. The van der Waals surface area contributed by atoms with Crippen LogP contribution in [0.3, 0.4) is 0 Å². The van der Waals surface area contributed by atoms with Crippen LogP contribution in [0.25, 0.3) is 10.8 Å².